The predicted molar refractivity (Wildman–Crippen MR) is 122 cm³/mol. The van der Waals surface area contributed by atoms with E-state index in [2.05, 4.69) is 0 Å². The van der Waals surface area contributed by atoms with Crippen molar-refractivity contribution in [1.29, 1.82) is 0 Å². The summed E-state index contributed by atoms with van der Waals surface area (Å²) in [6.07, 6.45) is 1.28. The van der Waals surface area contributed by atoms with E-state index in [1.807, 2.05) is 37.3 Å². The molecule has 0 bridgehead atoms. The third-order valence-electron chi connectivity index (χ3n) is 4.33. The molecule has 1 heterocycles. The van der Waals surface area contributed by atoms with Crippen molar-refractivity contribution in [2.45, 2.75) is 33.5 Å². The topological polar surface area (TPSA) is 82.1 Å². The van der Waals surface area contributed by atoms with Crippen molar-refractivity contribution in [1.82, 2.24) is 4.90 Å². The Morgan fingerprint density at radius 3 is 2.50 bits per heavy atom. The maximum atomic E-state index is 12.6. The van der Waals surface area contributed by atoms with E-state index >= 15 is 0 Å². The average Bonchev–Trinajstić information content (AvgIpc) is 3.01. The first kappa shape index (κ1) is 23.4. The number of amides is 2. The number of thioether (sulfide) groups is 1. The fourth-order valence-corrected chi connectivity index (χ4v) is 3.79. The number of esters is 1. The highest BCUT2D eigenvalue weighted by atomic mass is 32.2. The molecule has 0 unspecified atom stereocenters. The average molecular weight is 456 g/mol. The lowest BCUT2D eigenvalue weighted by atomic mass is 10.1. The molecule has 0 atom stereocenters. The highest BCUT2D eigenvalue weighted by Gasteiger charge is 2.36. The maximum absolute atomic E-state index is 12.6. The number of imide groups is 1. The first-order valence-corrected chi connectivity index (χ1v) is 11.1. The number of ether oxygens (including phenoxy) is 3. The molecular weight excluding hydrogens is 430 g/mol. The molecule has 0 radical (unpaired) electrons. The van der Waals surface area contributed by atoms with Gasteiger partial charge in [-0.05, 0) is 61.9 Å². The molecule has 0 spiro atoms. The van der Waals surface area contributed by atoms with Crippen molar-refractivity contribution in [3.63, 3.8) is 0 Å². The van der Waals surface area contributed by atoms with Gasteiger partial charge >= 0.3 is 5.97 Å². The number of benzene rings is 2. The second-order valence-electron chi connectivity index (χ2n) is 7.22. The number of nitrogens with zero attached hydrogens (tertiary/aromatic N) is 1. The summed E-state index contributed by atoms with van der Waals surface area (Å²) in [6.45, 7) is 5.71. The maximum Gasteiger partial charge on any atom is 0.326 e. The number of carbonyl (C=O) groups excluding carboxylic acids is 3. The summed E-state index contributed by atoms with van der Waals surface area (Å²) in [5.41, 5.74) is 1.71. The summed E-state index contributed by atoms with van der Waals surface area (Å²) in [4.78, 5) is 37.8. The number of hydrogen-bond acceptors (Lipinski definition) is 7. The summed E-state index contributed by atoms with van der Waals surface area (Å²) in [7, 11) is 0. The third-order valence-corrected chi connectivity index (χ3v) is 5.24. The van der Waals surface area contributed by atoms with Crippen LogP contribution in [0.15, 0.2) is 53.4 Å². The Bertz CT molecular complexity index is 1020. The summed E-state index contributed by atoms with van der Waals surface area (Å²) in [5, 5.41) is -0.505. The molecule has 32 heavy (non-hydrogen) atoms. The van der Waals surface area contributed by atoms with E-state index in [-0.39, 0.29) is 11.0 Å². The van der Waals surface area contributed by atoms with E-state index in [9.17, 15) is 14.4 Å². The zero-order chi connectivity index (χ0) is 23.1. The summed E-state index contributed by atoms with van der Waals surface area (Å²) in [6, 6.07) is 15.1. The van der Waals surface area contributed by atoms with Crippen LogP contribution in [0.1, 0.15) is 31.9 Å². The second kappa shape index (κ2) is 10.9. The molecule has 168 valence electrons. The van der Waals surface area contributed by atoms with Crippen molar-refractivity contribution < 1.29 is 28.6 Å². The Kier molecular flexibility index (Phi) is 7.94. The van der Waals surface area contributed by atoms with Crippen LogP contribution in [0.2, 0.25) is 0 Å². The fourth-order valence-electron chi connectivity index (χ4n) is 2.95. The lowest BCUT2D eigenvalue weighted by Gasteiger charge is -2.13. The molecule has 2 amide bonds. The minimum absolute atomic E-state index is 0.229. The molecule has 7 nitrogen and oxygen atoms in total. The van der Waals surface area contributed by atoms with Gasteiger partial charge in [0.05, 0.1) is 17.6 Å². The monoisotopic (exact) mass is 455 g/mol. The molecule has 1 fully saturated rings. The lowest BCUT2D eigenvalue weighted by Crippen LogP contribution is -2.35. The van der Waals surface area contributed by atoms with Crippen LogP contribution in [-0.4, -0.2) is 41.3 Å². The first-order chi connectivity index (χ1) is 15.4. The zero-order valence-electron chi connectivity index (χ0n) is 18.2. The Hall–Kier alpha value is -3.26. The molecule has 2 aromatic rings. The Balaban J connectivity index is 1.74. The van der Waals surface area contributed by atoms with Gasteiger partial charge in [-0.15, -0.1) is 0 Å². The normalized spacial score (nSPS) is 14.9. The molecule has 8 heteroatoms. The van der Waals surface area contributed by atoms with Crippen molar-refractivity contribution in [3.05, 3.63) is 64.6 Å². The van der Waals surface area contributed by atoms with Crippen LogP contribution < -0.4 is 9.47 Å². The van der Waals surface area contributed by atoms with Crippen LogP contribution in [0.5, 0.6) is 11.5 Å². The van der Waals surface area contributed by atoms with Crippen LogP contribution in [-0.2, 0) is 20.9 Å². The SMILES string of the molecule is CCOc1cc(/C=C2\SC(=O)N(CC(=O)OC(C)C)C2=O)ccc1OCc1ccccc1. The summed E-state index contributed by atoms with van der Waals surface area (Å²) >= 11 is 0.787. The Morgan fingerprint density at radius 1 is 1.06 bits per heavy atom. The smallest absolute Gasteiger partial charge is 0.326 e. The largest absolute Gasteiger partial charge is 0.490 e. The fraction of sp³-hybridized carbons (Fsp3) is 0.292. The molecule has 2 aromatic carbocycles. The molecule has 1 aliphatic rings. The minimum Gasteiger partial charge on any atom is -0.490 e. The van der Waals surface area contributed by atoms with Crippen LogP contribution in [0.4, 0.5) is 4.79 Å². The van der Waals surface area contributed by atoms with Gasteiger partial charge in [0.1, 0.15) is 13.2 Å². The third kappa shape index (κ3) is 6.13. The van der Waals surface area contributed by atoms with E-state index in [4.69, 9.17) is 14.2 Å². The van der Waals surface area contributed by atoms with Gasteiger partial charge in [-0.25, -0.2) is 0 Å². The minimum atomic E-state index is -0.623. The predicted octanol–water partition coefficient (Wildman–Crippen LogP) is 4.65. The Labute approximate surface area is 191 Å². The van der Waals surface area contributed by atoms with Gasteiger partial charge in [0, 0.05) is 0 Å². The van der Waals surface area contributed by atoms with Crippen molar-refractivity contribution >= 4 is 35.0 Å². The Morgan fingerprint density at radius 2 is 1.81 bits per heavy atom. The molecule has 0 N–H and O–H groups in total. The quantitative estimate of drug-likeness (QED) is 0.402. The molecule has 3 rings (SSSR count). The standard InChI is InChI=1S/C24H25NO6S/c1-4-29-20-12-18(10-11-19(20)30-15-17-8-6-5-7-9-17)13-21-23(27)25(24(28)32-21)14-22(26)31-16(2)3/h5-13,16H,4,14-15H2,1-3H3/b21-13-. The van der Waals surface area contributed by atoms with Gasteiger partial charge < -0.3 is 14.2 Å². The summed E-state index contributed by atoms with van der Waals surface area (Å²) in [5.74, 6) is -0.0283. The van der Waals surface area contributed by atoms with Gasteiger partial charge in [0.2, 0.25) is 0 Å². The van der Waals surface area contributed by atoms with Crippen LogP contribution >= 0.6 is 11.8 Å². The van der Waals surface area contributed by atoms with Crippen molar-refractivity contribution in [2.75, 3.05) is 13.2 Å². The summed E-state index contributed by atoms with van der Waals surface area (Å²) < 4.78 is 16.6. The van der Waals surface area contributed by atoms with Crippen molar-refractivity contribution in [3.8, 4) is 11.5 Å². The van der Waals surface area contributed by atoms with E-state index in [0.717, 1.165) is 22.2 Å². The molecular formula is C24H25NO6S. The van der Waals surface area contributed by atoms with Crippen LogP contribution in [0, 0.1) is 0 Å². The molecule has 1 saturated heterocycles. The molecule has 0 aliphatic carbocycles. The van der Waals surface area contributed by atoms with E-state index in [0.29, 0.717) is 30.3 Å². The number of carbonyl (C=O) groups is 3. The van der Waals surface area contributed by atoms with Crippen LogP contribution in [0.3, 0.4) is 0 Å². The van der Waals surface area contributed by atoms with Gasteiger partial charge in [0.25, 0.3) is 11.1 Å². The molecule has 1 aliphatic heterocycles. The van der Waals surface area contributed by atoms with Gasteiger partial charge in [0.15, 0.2) is 11.5 Å². The van der Waals surface area contributed by atoms with E-state index in [1.54, 1.807) is 38.1 Å². The van der Waals surface area contributed by atoms with Gasteiger partial charge in [-0.2, -0.15) is 0 Å². The first-order valence-electron chi connectivity index (χ1n) is 10.3. The molecule has 0 saturated carbocycles. The van der Waals surface area contributed by atoms with Gasteiger partial charge in [-0.3, -0.25) is 19.3 Å². The van der Waals surface area contributed by atoms with Crippen molar-refractivity contribution in [2.24, 2.45) is 0 Å². The van der Waals surface area contributed by atoms with Crippen LogP contribution in [0.25, 0.3) is 6.08 Å². The van der Waals surface area contributed by atoms with E-state index in [1.165, 1.54) is 0 Å². The highest BCUT2D eigenvalue weighted by Crippen LogP contribution is 2.35. The number of hydrogen-bond donors (Lipinski definition) is 0. The van der Waals surface area contributed by atoms with Gasteiger partial charge in [-0.1, -0.05) is 36.4 Å². The lowest BCUT2D eigenvalue weighted by molar-refractivity contribution is -0.149. The number of rotatable bonds is 9. The second-order valence-corrected chi connectivity index (χ2v) is 8.21. The molecule has 0 aromatic heterocycles. The highest BCUT2D eigenvalue weighted by molar-refractivity contribution is 8.18. The zero-order valence-corrected chi connectivity index (χ0v) is 19.0. The van der Waals surface area contributed by atoms with E-state index < -0.39 is 23.7 Å².